The molecule has 1 heterocycles. The van der Waals surface area contributed by atoms with Crippen LogP contribution in [0.2, 0.25) is 0 Å². The minimum Gasteiger partial charge on any atom is -0.494 e. The first-order valence-corrected chi connectivity index (χ1v) is 11.3. The SMILES string of the molecule is COc1cc(NC(=O)C(NC(=O)C[C@@H]2CCC(=O)N2Cc2cccc(F)c2F)C(C)C)ccc1F. The molecule has 0 aliphatic carbocycles. The van der Waals surface area contributed by atoms with E-state index in [1.54, 1.807) is 13.8 Å². The summed E-state index contributed by atoms with van der Waals surface area (Å²) in [6.45, 7) is 3.36. The van der Waals surface area contributed by atoms with Crippen LogP contribution >= 0.6 is 0 Å². The van der Waals surface area contributed by atoms with Gasteiger partial charge in [0.2, 0.25) is 17.7 Å². The Labute approximate surface area is 201 Å². The van der Waals surface area contributed by atoms with Crippen LogP contribution in [-0.2, 0) is 20.9 Å². The third-order valence-corrected chi connectivity index (χ3v) is 5.93. The molecule has 7 nitrogen and oxygen atoms in total. The van der Waals surface area contributed by atoms with E-state index < -0.39 is 41.3 Å². The smallest absolute Gasteiger partial charge is 0.247 e. The number of methoxy groups -OCH3 is 1. The average Bonchev–Trinajstić information content (AvgIpc) is 3.15. The lowest BCUT2D eigenvalue weighted by Crippen LogP contribution is -2.48. The summed E-state index contributed by atoms with van der Waals surface area (Å²) in [5.41, 5.74) is 0.331. The summed E-state index contributed by atoms with van der Waals surface area (Å²) in [5, 5.41) is 5.34. The van der Waals surface area contributed by atoms with E-state index in [0.29, 0.717) is 12.1 Å². The van der Waals surface area contributed by atoms with E-state index >= 15 is 0 Å². The molecule has 0 bridgehead atoms. The second kappa shape index (κ2) is 11.2. The van der Waals surface area contributed by atoms with Crippen LogP contribution in [0.25, 0.3) is 0 Å². The highest BCUT2D eigenvalue weighted by Gasteiger charge is 2.34. The lowest BCUT2D eigenvalue weighted by molar-refractivity contribution is -0.131. The summed E-state index contributed by atoms with van der Waals surface area (Å²) >= 11 is 0. The monoisotopic (exact) mass is 491 g/mol. The summed E-state index contributed by atoms with van der Waals surface area (Å²) in [6, 6.07) is 6.21. The molecule has 1 saturated heterocycles. The van der Waals surface area contributed by atoms with Gasteiger partial charge in [0, 0.05) is 42.7 Å². The molecule has 3 rings (SSSR count). The molecular formula is C25H28F3N3O4. The number of ether oxygens (including phenoxy) is 1. The molecule has 2 N–H and O–H groups in total. The van der Waals surface area contributed by atoms with Crippen LogP contribution in [0.1, 0.15) is 38.7 Å². The van der Waals surface area contributed by atoms with E-state index in [0.717, 1.165) is 12.1 Å². The Balaban J connectivity index is 1.65. The molecule has 2 atom stereocenters. The van der Waals surface area contributed by atoms with Gasteiger partial charge in [0.25, 0.3) is 0 Å². The van der Waals surface area contributed by atoms with Gasteiger partial charge in [0.1, 0.15) is 6.04 Å². The number of likely N-dealkylation sites (tertiary alicyclic amines) is 1. The Morgan fingerprint density at radius 2 is 1.89 bits per heavy atom. The topological polar surface area (TPSA) is 87.7 Å². The van der Waals surface area contributed by atoms with Gasteiger partial charge in [-0.25, -0.2) is 13.2 Å². The van der Waals surface area contributed by atoms with Gasteiger partial charge in [0.05, 0.1) is 7.11 Å². The van der Waals surface area contributed by atoms with Crippen molar-refractivity contribution in [3.63, 3.8) is 0 Å². The molecule has 0 radical (unpaired) electrons. The van der Waals surface area contributed by atoms with Gasteiger partial charge in [-0.05, 0) is 30.5 Å². The standard InChI is InChI=1S/C25H28F3N3O4/c1-14(2)24(25(34)29-16-7-9-18(26)20(11-16)35-3)30-21(32)12-17-8-10-22(33)31(17)13-15-5-4-6-19(27)23(15)28/h4-7,9,11,14,17,24H,8,10,12-13H2,1-3H3,(H,29,34)(H,30,32)/t17-,24?/m0/s1. The minimum atomic E-state index is -1.02. The predicted molar refractivity (Wildman–Crippen MR) is 123 cm³/mol. The zero-order valence-corrected chi connectivity index (χ0v) is 19.7. The maximum Gasteiger partial charge on any atom is 0.247 e. The first kappa shape index (κ1) is 26.1. The first-order chi connectivity index (χ1) is 16.6. The Morgan fingerprint density at radius 1 is 1.14 bits per heavy atom. The molecule has 35 heavy (non-hydrogen) atoms. The molecule has 3 amide bonds. The van der Waals surface area contributed by atoms with Crippen molar-refractivity contribution < 1.29 is 32.3 Å². The second-order valence-electron chi connectivity index (χ2n) is 8.76. The van der Waals surface area contributed by atoms with Crippen LogP contribution < -0.4 is 15.4 Å². The van der Waals surface area contributed by atoms with Crippen molar-refractivity contribution in [3.05, 3.63) is 59.4 Å². The lowest BCUT2D eigenvalue weighted by atomic mass is 10.0. The fraction of sp³-hybridized carbons (Fsp3) is 0.400. The number of carbonyl (C=O) groups is 3. The summed E-state index contributed by atoms with van der Waals surface area (Å²) < 4.78 is 46.2. The zero-order chi connectivity index (χ0) is 25.7. The molecule has 188 valence electrons. The number of carbonyl (C=O) groups excluding carboxylic acids is 3. The molecule has 2 aromatic carbocycles. The number of amides is 3. The summed E-state index contributed by atoms with van der Waals surface area (Å²) in [4.78, 5) is 39.4. The van der Waals surface area contributed by atoms with Crippen molar-refractivity contribution in [2.45, 2.75) is 51.7 Å². The van der Waals surface area contributed by atoms with Gasteiger partial charge < -0.3 is 20.3 Å². The third kappa shape index (κ3) is 6.32. The third-order valence-electron chi connectivity index (χ3n) is 5.93. The fourth-order valence-corrected chi connectivity index (χ4v) is 4.02. The molecule has 0 saturated carbocycles. The normalized spacial score (nSPS) is 16.4. The quantitative estimate of drug-likeness (QED) is 0.559. The van der Waals surface area contributed by atoms with E-state index in [1.165, 1.54) is 36.3 Å². The van der Waals surface area contributed by atoms with Gasteiger partial charge in [0.15, 0.2) is 23.2 Å². The van der Waals surface area contributed by atoms with E-state index in [-0.39, 0.29) is 42.5 Å². The average molecular weight is 492 g/mol. The molecule has 0 spiro atoms. The largest absolute Gasteiger partial charge is 0.494 e. The lowest BCUT2D eigenvalue weighted by Gasteiger charge is -2.27. The van der Waals surface area contributed by atoms with Crippen molar-refractivity contribution in [2.75, 3.05) is 12.4 Å². The number of hydrogen-bond donors (Lipinski definition) is 2. The Kier molecular flexibility index (Phi) is 8.37. The first-order valence-electron chi connectivity index (χ1n) is 11.3. The number of nitrogens with zero attached hydrogens (tertiary/aromatic N) is 1. The highest BCUT2D eigenvalue weighted by molar-refractivity contribution is 5.97. The van der Waals surface area contributed by atoms with Crippen LogP contribution in [0, 0.1) is 23.4 Å². The summed E-state index contributed by atoms with van der Waals surface area (Å²) in [7, 11) is 1.31. The van der Waals surface area contributed by atoms with Gasteiger partial charge >= 0.3 is 0 Å². The number of rotatable bonds is 9. The molecule has 1 aliphatic heterocycles. The molecule has 1 fully saturated rings. The van der Waals surface area contributed by atoms with Crippen molar-refractivity contribution in [2.24, 2.45) is 5.92 Å². The Hall–Kier alpha value is -3.56. The molecule has 0 aromatic heterocycles. The van der Waals surface area contributed by atoms with Crippen LogP contribution in [0.3, 0.4) is 0 Å². The molecular weight excluding hydrogens is 463 g/mol. The van der Waals surface area contributed by atoms with Gasteiger partial charge in [-0.1, -0.05) is 26.0 Å². The maximum atomic E-state index is 14.1. The number of hydrogen-bond acceptors (Lipinski definition) is 4. The van der Waals surface area contributed by atoms with Crippen LogP contribution in [0.5, 0.6) is 5.75 Å². The molecule has 2 aromatic rings. The van der Waals surface area contributed by atoms with Crippen LogP contribution in [0.15, 0.2) is 36.4 Å². The summed E-state index contributed by atoms with van der Waals surface area (Å²) in [6.07, 6.45) is 0.482. The van der Waals surface area contributed by atoms with Gasteiger partial charge in [-0.15, -0.1) is 0 Å². The Morgan fingerprint density at radius 3 is 2.57 bits per heavy atom. The van der Waals surface area contributed by atoms with Gasteiger partial charge in [-0.2, -0.15) is 0 Å². The predicted octanol–water partition coefficient (Wildman–Crippen LogP) is 3.77. The highest BCUT2D eigenvalue weighted by Crippen LogP contribution is 2.26. The Bertz CT molecular complexity index is 1110. The van der Waals surface area contributed by atoms with Crippen molar-refractivity contribution in [3.8, 4) is 5.75 Å². The maximum absolute atomic E-state index is 14.1. The molecule has 1 unspecified atom stereocenters. The highest BCUT2D eigenvalue weighted by atomic mass is 19.2. The number of nitrogens with one attached hydrogen (secondary N) is 2. The summed E-state index contributed by atoms with van der Waals surface area (Å²) in [5.74, 6) is -4.12. The molecule has 1 aliphatic rings. The van der Waals surface area contributed by atoms with Gasteiger partial charge in [-0.3, -0.25) is 14.4 Å². The van der Waals surface area contributed by atoms with Crippen molar-refractivity contribution in [1.82, 2.24) is 10.2 Å². The number of anilines is 1. The van der Waals surface area contributed by atoms with Crippen LogP contribution in [-0.4, -0.2) is 41.8 Å². The van der Waals surface area contributed by atoms with E-state index in [2.05, 4.69) is 10.6 Å². The van der Waals surface area contributed by atoms with Crippen molar-refractivity contribution >= 4 is 23.4 Å². The van der Waals surface area contributed by atoms with E-state index in [9.17, 15) is 27.6 Å². The van der Waals surface area contributed by atoms with Crippen molar-refractivity contribution in [1.29, 1.82) is 0 Å². The second-order valence-corrected chi connectivity index (χ2v) is 8.76. The zero-order valence-electron chi connectivity index (χ0n) is 19.7. The number of halogens is 3. The fourth-order valence-electron chi connectivity index (χ4n) is 4.02. The van der Waals surface area contributed by atoms with Crippen LogP contribution in [0.4, 0.5) is 18.9 Å². The van der Waals surface area contributed by atoms with E-state index in [1.807, 2.05) is 0 Å². The molecule has 10 heteroatoms. The minimum absolute atomic E-state index is 0.0276. The number of benzene rings is 2. The van der Waals surface area contributed by atoms with E-state index in [4.69, 9.17) is 4.74 Å².